The zero-order valence-corrected chi connectivity index (χ0v) is 10.6. The van der Waals surface area contributed by atoms with Gasteiger partial charge in [0, 0.05) is 18.1 Å². The van der Waals surface area contributed by atoms with E-state index in [0.717, 1.165) is 19.5 Å². The Labute approximate surface area is 110 Å². The number of carbonyl (C=O) groups excluding carboxylic acids is 1. The highest BCUT2D eigenvalue weighted by molar-refractivity contribution is 6.36. The van der Waals surface area contributed by atoms with Crippen LogP contribution in [0.25, 0.3) is 0 Å². The van der Waals surface area contributed by atoms with Gasteiger partial charge in [-0.2, -0.15) is 0 Å². The number of nitrogens with zero attached hydrogens (tertiary/aromatic N) is 1. The highest BCUT2D eigenvalue weighted by Gasteiger charge is 2.14. The monoisotopic (exact) mass is 270 g/mol. The molecule has 1 heterocycles. The highest BCUT2D eigenvalue weighted by Crippen LogP contribution is 2.20. The number of benzene rings is 1. The van der Waals surface area contributed by atoms with E-state index in [2.05, 4.69) is 11.5 Å². The minimum absolute atomic E-state index is 0.207. The second-order valence-corrected chi connectivity index (χ2v) is 4.61. The molecule has 1 amide bonds. The van der Waals surface area contributed by atoms with Crippen molar-refractivity contribution in [1.29, 1.82) is 0 Å². The largest absolute Gasteiger partial charge is 0.284 e. The van der Waals surface area contributed by atoms with E-state index in [0.29, 0.717) is 15.6 Å². The fourth-order valence-electron chi connectivity index (χ4n) is 1.62. The van der Waals surface area contributed by atoms with Crippen LogP contribution in [0.15, 0.2) is 30.4 Å². The average molecular weight is 271 g/mol. The fourth-order valence-corrected chi connectivity index (χ4v) is 2.11. The van der Waals surface area contributed by atoms with Crippen molar-refractivity contribution in [2.24, 2.45) is 0 Å². The van der Waals surface area contributed by atoms with Gasteiger partial charge >= 0.3 is 0 Å². The van der Waals surface area contributed by atoms with Gasteiger partial charge in [0.1, 0.15) is 0 Å². The van der Waals surface area contributed by atoms with Crippen LogP contribution in [0.4, 0.5) is 0 Å². The number of amides is 1. The van der Waals surface area contributed by atoms with Crippen LogP contribution in [-0.4, -0.2) is 24.0 Å². The van der Waals surface area contributed by atoms with E-state index in [1.165, 1.54) is 0 Å². The summed E-state index contributed by atoms with van der Waals surface area (Å²) in [5, 5.41) is 2.74. The summed E-state index contributed by atoms with van der Waals surface area (Å²) in [5.41, 5.74) is 3.25. The summed E-state index contributed by atoms with van der Waals surface area (Å²) in [6.45, 7) is 1.53. The average Bonchev–Trinajstić information content (AvgIpc) is 2.30. The van der Waals surface area contributed by atoms with Crippen LogP contribution in [0.2, 0.25) is 10.0 Å². The lowest BCUT2D eigenvalue weighted by Crippen LogP contribution is -2.43. The van der Waals surface area contributed by atoms with E-state index < -0.39 is 0 Å². The Morgan fingerprint density at radius 3 is 2.76 bits per heavy atom. The first-order valence-corrected chi connectivity index (χ1v) is 6.08. The molecule has 1 N–H and O–H groups in total. The normalized spacial score (nSPS) is 15.9. The third kappa shape index (κ3) is 3.22. The summed E-state index contributed by atoms with van der Waals surface area (Å²) in [5.74, 6) is -0.207. The van der Waals surface area contributed by atoms with Crippen LogP contribution in [0.3, 0.4) is 0 Å². The highest BCUT2D eigenvalue weighted by atomic mass is 35.5. The number of hydrazine groups is 1. The van der Waals surface area contributed by atoms with Crippen LogP contribution in [0.1, 0.15) is 16.8 Å². The predicted octanol–water partition coefficient (Wildman–Crippen LogP) is 2.90. The van der Waals surface area contributed by atoms with Gasteiger partial charge in [-0.3, -0.25) is 10.2 Å². The summed E-state index contributed by atoms with van der Waals surface area (Å²) >= 11 is 11.7. The van der Waals surface area contributed by atoms with E-state index in [9.17, 15) is 4.79 Å². The molecule has 0 saturated heterocycles. The Bertz CT molecular complexity index is 460. The SMILES string of the molecule is O=C(NN1CC=CCC1)c1ccc(Cl)cc1Cl. The zero-order chi connectivity index (χ0) is 12.3. The Kier molecular flexibility index (Phi) is 4.05. The van der Waals surface area contributed by atoms with E-state index in [1.807, 2.05) is 11.1 Å². The standard InChI is InChI=1S/C12H12Cl2N2O/c13-9-4-5-10(11(14)8-9)12(17)15-16-6-2-1-3-7-16/h1-2,4-5,8H,3,6-7H2,(H,15,17). The molecule has 3 nitrogen and oxygen atoms in total. The van der Waals surface area contributed by atoms with Crippen molar-refractivity contribution >= 4 is 29.1 Å². The quantitative estimate of drug-likeness (QED) is 0.839. The van der Waals surface area contributed by atoms with Crippen molar-refractivity contribution in [2.75, 3.05) is 13.1 Å². The Hall–Kier alpha value is -1.03. The molecule has 0 aromatic heterocycles. The van der Waals surface area contributed by atoms with Gasteiger partial charge in [-0.25, -0.2) is 5.01 Å². The van der Waals surface area contributed by atoms with E-state index >= 15 is 0 Å². The van der Waals surface area contributed by atoms with Gasteiger partial charge in [0.2, 0.25) is 0 Å². The van der Waals surface area contributed by atoms with Crippen molar-refractivity contribution in [3.05, 3.63) is 46.0 Å². The first-order valence-electron chi connectivity index (χ1n) is 5.33. The lowest BCUT2D eigenvalue weighted by molar-refractivity contribution is 0.0804. The second-order valence-electron chi connectivity index (χ2n) is 3.77. The van der Waals surface area contributed by atoms with Crippen LogP contribution in [0.5, 0.6) is 0 Å². The summed E-state index contributed by atoms with van der Waals surface area (Å²) < 4.78 is 0. The zero-order valence-electron chi connectivity index (χ0n) is 9.12. The topological polar surface area (TPSA) is 32.3 Å². The number of hydrogen-bond donors (Lipinski definition) is 1. The number of hydrogen-bond acceptors (Lipinski definition) is 2. The smallest absolute Gasteiger partial charge is 0.267 e. The van der Waals surface area contributed by atoms with Crippen molar-refractivity contribution in [2.45, 2.75) is 6.42 Å². The molecular formula is C12H12Cl2N2O. The Morgan fingerprint density at radius 2 is 2.12 bits per heavy atom. The van der Waals surface area contributed by atoms with Crippen LogP contribution in [0, 0.1) is 0 Å². The lowest BCUT2D eigenvalue weighted by Gasteiger charge is -2.23. The fraction of sp³-hybridized carbons (Fsp3) is 0.250. The van der Waals surface area contributed by atoms with Crippen LogP contribution < -0.4 is 5.43 Å². The molecule has 0 aliphatic carbocycles. The van der Waals surface area contributed by atoms with Crippen molar-refractivity contribution < 1.29 is 4.79 Å². The Morgan fingerprint density at radius 1 is 1.29 bits per heavy atom. The van der Waals surface area contributed by atoms with E-state index in [-0.39, 0.29) is 5.91 Å². The Balaban J connectivity index is 2.06. The third-order valence-corrected chi connectivity index (χ3v) is 3.04. The summed E-state index contributed by atoms with van der Waals surface area (Å²) in [7, 11) is 0. The summed E-state index contributed by atoms with van der Waals surface area (Å²) in [6, 6.07) is 4.84. The molecule has 0 fully saturated rings. The van der Waals surface area contributed by atoms with Gasteiger partial charge in [0.25, 0.3) is 5.91 Å². The van der Waals surface area contributed by atoms with Crippen LogP contribution in [-0.2, 0) is 0 Å². The molecule has 0 unspecified atom stereocenters. The third-order valence-electron chi connectivity index (χ3n) is 2.49. The molecule has 90 valence electrons. The molecule has 1 aromatic carbocycles. The van der Waals surface area contributed by atoms with Crippen molar-refractivity contribution in [3.63, 3.8) is 0 Å². The number of rotatable bonds is 2. The van der Waals surface area contributed by atoms with Gasteiger partial charge < -0.3 is 0 Å². The number of nitrogens with one attached hydrogen (secondary N) is 1. The molecule has 0 saturated carbocycles. The van der Waals surface area contributed by atoms with Gasteiger partial charge in [-0.15, -0.1) is 0 Å². The summed E-state index contributed by atoms with van der Waals surface area (Å²) in [4.78, 5) is 11.9. The van der Waals surface area contributed by atoms with Crippen LogP contribution >= 0.6 is 23.2 Å². The summed E-state index contributed by atoms with van der Waals surface area (Å²) in [6.07, 6.45) is 5.06. The van der Waals surface area contributed by atoms with Gasteiger partial charge in [-0.1, -0.05) is 35.4 Å². The minimum Gasteiger partial charge on any atom is -0.284 e. The molecule has 1 aliphatic rings. The van der Waals surface area contributed by atoms with Gasteiger partial charge in [0.15, 0.2) is 0 Å². The molecular weight excluding hydrogens is 259 g/mol. The van der Waals surface area contributed by atoms with Crippen molar-refractivity contribution in [1.82, 2.24) is 10.4 Å². The maximum atomic E-state index is 11.9. The molecule has 5 heteroatoms. The first-order chi connectivity index (χ1) is 8.16. The molecule has 1 aromatic rings. The number of halogens is 2. The minimum atomic E-state index is -0.207. The number of carbonyl (C=O) groups is 1. The van der Waals surface area contributed by atoms with Gasteiger partial charge in [-0.05, 0) is 24.6 Å². The van der Waals surface area contributed by atoms with Crippen molar-refractivity contribution in [3.8, 4) is 0 Å². The first kappa shape index (κ1) is 12.4. The maximum Gasteiger partial charge on any atom is 0.267 e. The molecule has 0 spiro atoms. The van der Waals surface area contributed by atoms with Gasteiger partial charge in [0.05, 0.1) is 10.6 Å². The van der Waals surface area contributed by atoms with E-state index in [4.69, 9.17) is 23.2 Å². The molecule has 0 bridgehead atoms. The molecule has 0 atom stereocenters. The van der Waals surface area contributed by atoms with E-state index in [1.54, 1.807) is 18.2 Å². The molecule has 17 heavy (non-hydrogen) atoms. The second kappa shape index (κ2) is 5.54. The molecule has 2 rings (SSSR count). The lowest BCUT2D eigenvalue weighted by atomic mass is 10.2. The maximum absolute atomic E-state index is 11.9. The molecule has 0 radical (unpaired) electrons. The molecule has 1 aliphatic heterocycles. The predicted molar refractivity (Wildman–Crippen MR) is 69.3 cm³/mol.